The normalized spacial score (nSPS) is 12.0. The molecule has 8 heteroatoms. The van der Waals surface area contributed by atoms with E-state index in [9.17, 15) is 12.8 Å². The Kier molecular flexibility index (Phi) is 3.72. The standard InChI is InChI=1S/C21H14FN3O3S/c22-14-7-8-16-17(13-6-9-18-20(10-13)28-21(23)24-18)12-25(19(16)11-14)29(26,27)15-4-2-1-3-5-15/h1-12H,(H2,23,24). The van der Waals surface area contributed by atoms with Crippen LogP contribution in [0.1, 0.15) is 0 Å². The number of nitrogens with zero attached hydrogens (tertiary/aromatic N) is 2. The summed E-state index contributed by atoms with van der Waals surface area (Å²) in [6.45, 7) is 0. The molecule has 0 saturated carbocycles. The van der Waals surface area contributed by atoms with Crippen molar-refractivity contribution in [1.29, 1.82) is 0 Å². The number of fused-ring (bicyclic) bond motifs is 2. The van der Waals surface area contributed by atoms with Gasteiger partial charge in [0.05, 0.1) is 10.4 Å². The van der Waals surface area contributed by atoms with Crippen molar-refractivity contribution in [3.8, 4) is 11.1 Å². The van der Waals surface area contributed by atoms with Gasteiger partial charge in [0.1, 0.15) is 11.3 Å². The lowest BCUT2D eigenvalue weighted by molar-refractivity contribution is 0.589. The van der Waals surface area contributed by atoms with Crippen LogP contribution in [0.4, 0.5) is 10.4 Å². The van der Waals surface area contributed by atoms with E-state index in [1.165, 1.54) is 30.5 Å². The highest BCUT2D eigenvalue weighted by molar-refractivity contribution is 7.90. The zero-order valence-electron chi connectivity index (χ0n) is 14.9. The lowest BCUT2D eigenvalue weighted by Gasteiger charge is -2.07. The minimum absolute atomic E-state index is 0.0494. The van der Waals surface area contributed by atoms with Crippen molar-refractivity contribution < 1.29 is 17.2 Å². The summed E-state index contributed by atoms with van der Waals surface area (Å²) in [6, 6.07) is 17.4. The maximum absolute atomic E-state index is 14.0. The summed E-state index contributed by atoms with van der Waals surface area (Å²) in [4.78, 5) is 4.18. The van der Waals surface area contributed by atoms with Gasteiger partial charge in [-0.2, -0.15) is 4.98 Å². The largest absolute Gasteiger partial charge is 0.424 e. The van der Waals surface area contributed by atoms with Gasteiger partial charge in [-0.15, -0.1) is 0 Å². The number of oxazole rings is 1. The van der Waals surface area contributed by atoms with Crippen molar-refractivity contribution in [3.05, 3.63) is 78.7 Å². The molecule has 0 spiro atoms. The van der Waals surface area contributed by atoms with Crippen LogP contribution < -0.4 is 5.73 Å². The average Bonchev–Trinajstić information content (AvgIpc) is 3.27. The highest BCUT2D eigenvalue weighted by Crippen LogP contribution is 2.35. The van der Waals surface area contributed by atoms with Crippen LogP contribution in [0.2, 0.25) is 0 Å². The van der Waals surface area contributed by atoms with Gasteiger partial charge in [0.25, 0.3) is 16.0 Å². The number of benzene rings is 3. The molecule has 2 heterocycles. The first kappa shape index (κ1) is 17.4. The van der Waals surface area contributed by atoms with Gasteiger partial charge in [-0.25, -0.2) is 16.8 Å². The lowest BCUT2D eigenvalue weighted by Crippen LogP contribution is -2.11. The Morgan fingerprint density at radius 1 is 1.00 bits per heavy atom. The Bertz CT molecular complexity index is 1490. The summed E-state index contributed by atoms with van der Waals surface area (Å²) >= 11 is 0. The second-order valence-electron chi connectivity index (χ2n) is 6.55. The van der Waals surface area contributed by atoms with E-state index in [0.717, 1.165) is 3.97 Å². The summed E-state index contributed by atoms with van der Waals surface area (Å²) in [5, 5.41) is 0.595. The van der Waals surface area contributed by atoms with Crippen LogP contribution in [0.3, 0.4) is 0 Å². The van der Waals surface area contributed by atoms with Gasteiger partial charge in [0, 0.05) is 17.1 Å². The number of nitrogen functional groups attached to an aromatic ring is 1. The fourth-order valence-corrected chi connectivity index (χ4v) is 4.80. The zero-order valence-corrected chi connectivity index (χ0v) is 15.7. The summed E-state index contributed by atoms with van der Waals surface area (Å²) in [5.41, 5.74) is 8.26. The van der Waals surface area contributed by atoms with Crippen molar-refractivity contribution in [2.24, 2.45) is 0 Å². The molecule has 0 bridgehead atoms. The predicted molar refractivity (Wildman–Crippen MR) is 108 cm³/mol. The van der Waals surface area contributed by atoms with Crippen LogP contribution in [-0.4, -0.2) is 17.4 Å². The lowest BCUT2D eigenvalue weighted by atomic mass is 10.0. The number of halogens is 1. The number of rotatable bonds is 3. The third-order valence-electron chi connectivity index (χ3n) is 4.75. The van der Waals surface area contributed by atoms with Gasteiger partial charge in [-0.05, 0) is 48.0 Å². The molecule has 0 saturated heterocycles. The van der Waals surface area contributed by atoms with Crippen molar-refractivity contribution >= 4 is 38.0 Å². The van der Waals surface area contributed by atoms with E-state index in [2.05, 4.69) is 4.98 Å². The number of hydrogen-bond donors (Lipinski definition) is 1. The zero-order chi connectivity index (χ0) is 20.2. The molecule has 2 N–H and O–H groups in total. The van der Waals surface area contributed by atoms with Crippen molar-refractivity contribution in [2.75, 3.05) is 5.73 Å². The van der Waals surface area contributed by atoms with E-state index in [4.69, 9.17) is 10.2 Å². The molecule has 0 radical (unpaired) electrons. The maximum Gasteiger partial charge on any atom is 0.292 e. The van der Waals surface area contributed by atoms with Crippen LogP contribution in [0, 0.1) is 5.82 Å². The minimum atomic E-state index is -3.91. The van der Waals surface area contributed by atoms with Gasteiger partial charge >= 0.3 is 0 Å². The first-order valence-electron chi connectivity index (χ1n) is 8.71. The van der Waals surface area contributed by atoms with Gasteiger partial charge in [0.2, 0.25) is 0 Å². The summed E-state index contributed by atoms with van der Waals surface area (Å²) < 4.78 is 46.9. The highest BCUT2D eigenvalue weighted by Gasteiger charge is 2.22. The summed E-state index contributed by atoms with van der Waals surface area (Å²) in [6.07, 6.45) is 1.49. The second-order valence-corrected chi connectivity index (χ2v) is 8.37. The summed E-state index contributed by atoms with van der Waals surface area (Å²) in [7, 11) is -3.91. The van der Waals surface area contributed by atoms with E-state index in [1.54, 1.807) is 42.5 Å². The fraction of sp³-hybridized carbons (Fsp3) is 0. The van der Waals surface area contributed by atoms with E-state index in [0.29, 0.717) is 27.6 Å². The number of nitrogens with two attached hydrogens (primary N) is 1. The molecule has 0 atom stereocenters. The van der Waals surface area contributed by atoms with Crippen LogP contribution >= 0.6 is 0 Å². The quantitative estimate of drug-likeness (QED) is 0.478. The Labute approximate surface area is 165 Å². The molecular formula is C21H14FN3O3S. The SMILES string of the molecule is Nc1nc2ccc(-c3cn(S(=O)(=O)c4ccccc4)c4cc(F)ccc34)cc2o1. The molecule has 2 aromatic heterocycles. The Hall–Kier alpha value is -3.65. The first-order valence-corrected chi connectivity index (χ1v) is 10.2. The van der Waals surface area contributed by atoms with Crippen LogP contribution in [-0.2, 0) is 10.0 Å². The summed E-state index contributed by atoms with van der Waals surface area (Å²) in [5.74, 6) is -0.523. The molecule has 5 rings (SSSR count). The molecule has 0 fully saturated rings. The molecule has 144 valence electrons. The molecule has 0 aliphatic heterocycles. The molecule has 0 amide bonds. The van der Waals surface area contributed by atoms with Crippen molar-refractivity contribution in [2.45, 2.75) is 4.90 Å². The molecule has 6 nitrogen and oxygen atoms in total. The number of anilines is 1. The predicted octanol–water partition coefficient (Wildman–Crippen LogP) is 4.41. The maximum atomic E-state index is 14.0. The first-order chi connectivity index (χ1) is 13.9. The topological polar surface area (TPSA) is 91.1 Å². The highest BCUT2D eigenvalue weighted by atomic mass is 32.2. The molecule has 3 aromatic carbocycles. The Morgan fingerprint density at radius 3 is 2.59 bits per heavy atom. The molecule has 5 aromatic rings. The van der Waals surface area contributed by atoms with Gasteiger partial charge in [0.15, 0.2) is 5.58 Å². The smallest absolute Gasteiger partial charge is 0.292 e. The molecule has 0 aliphatic rings. The average molecular weight is 407 g/mol. The minimum Gasteiger partial charge on any atom is -0.424 e. The van der Waals surface area contributed by atoms with E-state index >= 15 is 0 Å². The van der Waals surface area contributed by atoms with E-state index in [-0.39, 0.29) is 16.4 Å². The molecule has 29 heavy (non-hydrogen) atoms. The fourth-order valence-electron chi connectivity index (χ4n) is 3.42. The van der Waals surface area contributed by atoms with Crippen molar-refractivity contribution in [3.63, 3.8) is 0 Å². The second kappa shape index (κ2) is 6.18. The van der Waals surface area contributed by atoms with E-state index < -0.39 is 15.8 Å². The van der Waals surface area contributed by atoms with Gasteiger partial charge in [-0.3, -0.25) is 0 Å². The van der Waals surface area contributed by atoms with Crippen molar-refractivity contribution in [1.82, 2.24) is 8.96 Å². The Morgan fingerprint density at radius 2 is 1.79 bits per heavy atom. The number of aromatic nitrogens is 2. The van der Waals surface area contributed by atoms with Crippen LogP contribution in [0.15, 0.2) is 82.2 Å². The molecular weight excluding hydrogens is 393 g/mol. The third-order valence-corrected chi connectivity index (χ3v) is 6.44. The number of hydrogen-bond acceptors (Lipinski definition) is 5. The Balaban J connectivity index is 1.79. The monoisotopic (exact) mass is 407 g/mol. The molecule has 0 unspecified atom stereocenters. The molecule has 0 aliphatic carbocycles. The van der Waals surface area contributed by atoms with Gasteiger partial charge < -0.3 is 10.2 Å². The van der Waals surface area contributed by atoms with Crippen LogP contribution in [0.25, 0.3) is 33.1 Å². The van der Waals surface area contributed by atoms with E-state index in [1.807, 2.05) is 0 Å². The van der Waals surface area contributed by atoms with Crippen LogP contribution in [0.5, 0.6) is 0 Å². The van der Waals surface area contributed by atoms with Gasteiger partial charge in [-0.1, -0.05) is 24.3 Å². The third kappa shape index (κ3) is 2.76.